The molecule has 2 N–H and O–H groups in total. The molecule has 7 nitrogen and oxygen atoms in total. The lowest BCUT2D eigenvalue weighted by atomic mass is 10.0. The van der Waals surface area contributed by atoms with Gasteiger partial charge in [0.15, 0.2) is 0 Å². The minimum atomic E-state index is -4.60. The van der Waals surface area contributed by atoms with E-state index < -0.39 is 27.7 Å². The number of aryl methyl sites for hydroxylation is 1. The average Bonchev–Trinajstić information content (AvgIpc) is 3.13. The number of halogens is 3. The topological polar surface area (TPSA) is 93.1 Å². The maximum atomic E-state index is 13.0. The van der Waals surface area contributed by atoms with Crippen molar-refractivity contribution in [1.29, 1.82) is 0 Å². The number of hydrogen-bond acceptors (Lipinski definition) is 4. The molecule has 1 heterocycles. The van der Waals surface area contributed by atoms with Gasteiger partial charge in [0, 0.05) is 24.6 Å². The Kier molecular flexibility index (Phi) is 6.31. The van der Waals surface area contributed by atoms with Crippen LogP contribution in [0.25, 0.3) is 0 Å². The van der Waals surface area contributed by atoms with Crippen LogP contribution in [0.2, 0.25) is 0 Å². The first kappa shape index (κ1) is 23.3. The minimum absolute atomic E-state index is 0.0940. The Morgan fingerprint density at radius 1 is 1.06 bits per heavy atom. The van der Waals surface area contributed by atoms with Crippen molar-refractivity contribution in [3.8, 4) is 0 Å². The minimum Gasteiger partial charge on any atom is -0.321 e. The predicted octanol–water partition coefficient (Wildman–Crippen LogP) is 4.62. The van der Waals surface area contributed by atoms with Gasteiger partial charge in [0.1, 0.15) is 5.69 Å². The molecule has 170 valence electrons. The summed E-state index contributed by atoms with van der Waals surface area (Å²) in [6, 6.07) is 9.75. The van der Waals surface area contributed by atoms with E-state index in [0.29, 0.717) is 16.9 Å². The van der Waals surface area contributed by atoms with Crippen molar-refractivity contribution in [1.82, 2.24) is 9.78 Å². The highest BCUT2D eigenvalue weighted by Crippen LogP contribution is 2.32. The van der Waals surface area contributed by atoms with Gasteiger partial charge in [-0.2, -0.15) is 18.3 Å². The maximum Gasteiger partial charge on any atom is 0.416 e. The Morgan fingerprint density at radius 2 is 1.78 bits per heavy atom. The number of nitrogens with zero attached hydrogens (tertiary/aromatic N) is 2. The van der Waals surface area contributed by atoms with E-state index in [2.05, 4.69) is 15.1 Å². The fourth-order valence-corrected chi connectivity index (χ4v) is 4.48. The third-order valence-electron chi connectivity index (χ3n) is 4.67. The van der Waals surface area contributed by atoms with E-state index in [4.69, 9.17) is 0 Å². The molecule has 3 rings (SSSR count). The van der Waals surface area contributed by atoms with Gasteiger partial charge in [0.05, 0.1) is 10.5 Å². The second-order valence-electron chi connectivity index (χ2n) is 7.39. The number of aromatic nitrogens is 2. The van der Waals surface area contributed by atoms with Gasteiger partial charge in [-0.3, -0.25) is 14.2 Å². The summed E-state index contributed by atoms with van der Waals surface area (Å²) in [5, 5.41) is 6.62. The summed E-state index contributed by atoms with van der Waals surface area (Å²) in [6.07, 6.45) is -3.12. The molecule has 32 heavy (non-hydrogen) atoms. The maximum absolute atomic E-state index is 13.0. The van der Waals surface area contributed by atoms with Crippen LogP contribution in [0, 0.1) is 0 Å². The van der Waals surface area contributed by atoms with Crippen LogP contribution in [-0.2, 0) is 23.2 Å². The van der Waals surface area contributed by atoms with Crippen molar-refractivity contribution in [2.75, 3.05) is 10.0 Å². The summed E-state index contributed by atoms with van der Waals surface area (Å²) in [5.41, 5.74) is -0.0812. The Labute approximate surface area is 183 Å². The van der Waals surface area contributed by atoms with E-state index in [9.17, 15) is 26.4 Å². The van der Waals surface area contributed by atoms with Crippen LogP contribution < -0.4 is 10.0 Å². The van der Waals surface area contributed by atoms with Gasteiger partial charge >= 0.3 is 6.18 Å². The number of sulfonamides is 1. The normalized spacial score (nSPS) is 12.1. The van der Waals surface area contributed by atoms with Gasteiger partial charge in [-0.15, -0.1) is 0 Å². The third kappa shape index (κ3) is 5.10. The predicted molar refractivity (Wildman–Crippen MR) is 114 cm³/mol. The highest BCUT2D eigenvalue weighted by atomic mass is 32.2. The molecule has 2 aromatic carbocycles. The number of alkyl halides is 3. The molecule has 0 bridgehead atoms. The van der Waals surface area contributed by atoms with Crippen molar-refractivity contribution in [2.45, 2.75) is 30.8 Å². The molecular formula is C21H21F3N4O3S. The molecule has 0 atom stereocenters. The smallest absolute Gasteiger partial charge is 0.321 e. The largest absolute Gasteiger partial charge is 0.416 e. The average molecular weight is 466 g/mol. The lowest BCUT2D eigenvalue weighted by molar-refractivity contribution is -0.137. The molecule has 0 unspecified atom stereocenters. The Bertz CT molecular complexity index is 1250. The van der Waals surface area contributed by atoms with Crippen LogP contribution in [0.3, 0.4) is 0 Å². The molecule has 1 amide bonds. The van der Waals surface area contributed by atoms with Crippen LogP contribution >= 0.6 is 0 Å². The first-order chi connectivity index (χ1) is 14.9. The summed E-state index contributed by atoms with van der Waals surface area (Å²) >= 11 is 0. The second kappa shape index (κ2) is 8.65. The van der Waals surface area contributed by atoms with E-state index in [0.717, 1.165) is 18.2 Å². The third-order valence-corrected chi connectivity index (χ3v) is 6.13. The molecule has 0 fully saturated rings. The molecule has 0 aliphatic rings. The number of carbonyl (C=O) groups is 1. The molecule has 1 aromatic heterocycles. The quantitative estimate of drug-likeness (QED) is 0.555. The lowest BCUT2D eigenvalue weighted by Crippen LogP contribution is -2.18. The van der Waals surface area contributed by atoms with E-state index in [1.807, 2.05) is 0 Å². The highest BCUT2D eigenvalue weighted by Gasteiger charge is 2.31. The number of nitrogens with one attached hydrogen (secondary N) is 2. The van der Waals surface area contributed by atoms with Crippen molar-refractivity contribution in [3.05, 3.63) is 71.5 Å². The zero-order valence-corrected chi connectivity index (χ0v) is 18.3. The Balaban J connectivity index is 1.91. The SMILES string of the molecule is CC(C)c1cc(NC(=O)c2ccnn2C)ccc1S(=O)(=O)Nc1cccc(C(F)(F)F)c1. The van der Waals surface area contributed by atoms with E-state index >= 15 is 0 Å². The number of benzene rings is 2. The number of amides is 1. The molecule has 0 radical (unpaired) electrons. The zero-order valence-electron chi connectivity index (χ0n) is 17.4. The van der Waals surface area contributed by atoms with Crippen molar-refractivity contribution < 1.29 is 26.4 Å². The Hall–Kier alpha value is -3.34. The molecule has 0 aliphatic heterocycles. The van der Waals surface area contributed by atoms with Crippen molar-refractivity contribution in [3.63, 3.8) is 0 Å². The molecule has 0 aliphatic carbocycles. The van der Waals surface area contributed by atoms with Gasteiger partial charge in [0.25, 0.3) is 15.9 Å². The summed E-state index contributed by atoms with van der Waals surface area (Å²) in [5.74, 6) is -0.672. The summed E-state index contributed by atoms with van der Waals surface area (Å²) in [4.78, 5) is 12.3. The molecule has 0 spiro atoms. The monoisotopic (exact) mass is 466 g/mol. The van der Waals surface area contributed by atoms with E-state index in [1.54, 1.807) is 20.9 Å². The second-order valence-corrected chi connectivity index (χ2v) is 9.04. The first-order valence-corrected chi connectivity index (χ1v) is 11.0. The fourth-order valence-electron chi connectivity index (χ4n) is 3.08. The van der Waals surface area contributed by atoms with Gasteiger partial charge in [-0.1, -0.05) is 19.9 Å². The highest BCUT2D eigenvalue weighted by molar-refractivity contribution is 7.92. The van der Waals surface area contributed by atoms with Crippen LogP contribution in [0.4, 0.5) is 24.5 Å². The van der Waals surface area contributed by atoms with Crippen LogP contribution in [0.15, 0.2) is 59.6 Å². The molecule has 0 saturated heterocycles. The van der Waals surface area contributed by atoms with Crippen LogP contribution in [0.5, 0.6) is 0 Å². The molecule has 11 heteroatoms. The lowest BCUT2D eigenvalue weighted by Gasteiger charge is -2.17. The molecule has 0 saturated carbocycles. The van der Waals surface area contributed by atoms with Crippen molar-refractivity contribution >= 4 is 27.3 Å². The Morgan fingerprint density at radius 3 is 2.38 bits per heavy atom. The van der Waals surface area contributed by atoms with Crippen LogP contribution in [0.1, 0.15) is 41.4 Å². The molecular weight excluding hydrogens is 445 g/mol. The molecule has 3 aromatic rings. The number of hydrogen-bond donors (Lipinski definition) is 2. The number of anilines is 2. The van der Waals surface area contributed by atoms with Gasteiger partial charge in [-0.25, -0.2) is 8.42 Å². The van der Waals surface area contributed by atoms with E-state index in [-0.39, 0.29) is 16.5 Å². The number of carbonyl (C=O) groups excluding carboxylic acids is 1. The number of rotatable bonds is 6. The summed E-state index contributed by atoms with van der Waals surface area (Å²) in [6.45, 7) is 3.54. The first-order valence-electron chi connectivity index (χ1n) is 9.52. The standard InChI is InChI=1S/C21H21F3N4O3S/c1-13(2)17-12-15(26-20(29)18-9-10-25-28(18)3)7-8-19(17)32(30,31)27-16-6-4-5-14(11-16)21(22,23)24/h4-13,27H,1-3H3,(H,26,29). The summed E-state index contributed by atoms with van der Waals surface area (Å²) < 4.78 is 68.4. The zero-order chi connectivity index (χ0) is 23.7. The van der Waals surface area contributed by atoms with Crippen LogP contribution in [-0.4, -0.2) is 24.1 Å². The fraction of sp³-hybridized carbons (Fsp3) is 0.238. The van der Waals surface area contributed by atoms with Gasteiger partial charge < -0.3 is 5.32 Å². The van der Waals surface area contributed by atoms with E-state index in [1.165, 1.54) is 41.2 Å². The van der Waals surface area contributed by atoms with Crippen molar-refractivity contribution in [2.24, 2.45) is 7.05 Å². The van der Waals surface area contributed by atoms with Gasteiger partial charge in [-0.05, 0) is 53.9 Å². The summed E-state index contributed by atoms with van der Waals surface area (Å²) in [7, 11) is -2.58. The van der Waals surface area contributed by atoms with Gasteiger partial charge in [0.2, 0.25) is 0 Å².